The van der Waals surface area contributed by atoms with Crippen LogP contribution in [0, 0.1) is 5.92 Å². The molecule has 5 unspecified atom stereocenters. The number of alkyl carbamates (subject to hydrolysis) is 1. The lowest BCUT2D eigenvalue weighted by molar-refractivity contribution is -0.0372. The molecule has 2 saturated heterocycles. The van der Waals surface area contributed by atoms with Crippen LogP contribution >= 0.6 is 11.8 Å². The van der Waals surface area contributed by atoms with Crippen molar-refractivity contribution in [3.05, 3.63) is 0 Å². The van der Waals surface area contributed by atoms with Gasteiger partial charge in [0.1, 0.15) is 5.60 Å². The minimum absolute atomic E-state index is 0.134. The molecule has 1 aliphatic carbocycles. The number of hydrogen-bond acceptors (Lipinski definition) is 5. The third-order valence-electron chi connectivity index (χ3n) is 4.66. The monoisotopic (exact) mass is 328 g/mol. The number of rotatable bonds is 3. The fraction of sp³-hybridized carbons (Fsp3) is 0.938. The largest absolute Gasteiger partial charge is 0.444 e. The van der Waals surface area contributed by atoms with Crippen molar-refractivity contribution in [1.82, 2.24) is 10.6 Å². The van der Waals surface area contributed by atoms with Crippen LogP contribution in [0.2, 0.25) is 0 Å². The predicted molar refractivity (Wildman–Crippen MR) is 88.3 cm³/mol. The van der Waals surface area contributed by atoms with E-state index < -0.39 is 5.60 Å². The molecule has 0 aromatic carbocycles. The molecular weight excluding hydrogens is 300 g/mol. The SMILES string of the molecule is CC(C)(C)OC(=O)NC1C2CCOC2C1NC1CCCSC1. The van der Waals surface area contributed by atoms with E-state index in [1.54, 1.807) is 0 Å². The van der Waals surface area contributed by atoms with Gasteiger partial charge < -0.3 is 20.1 Å². The lowest BCUT2D eigenvalue weighted by Gasteiger charge is -2.49. The molecule has 2 heterocycles. The molecule has 0 aromatic rings. The van der Waals surface area contributed by atoms with Gasteiger partial charge in [0.15, 0.2) is 0 Å². The predicted octanol–water partition coefficient (Wildman–Crippen LogP) is 2.15. The Bertz CT molecular complexity index is 407. The van der Waals surface area contributed by atoms with Crippen LogP contribution in [0.5, 0.6) is 0 Å². The maximum Gasteiger partial charge on any atom is 0.407 e. The average molecular weight is 328 g/mol. The Kier molecular flexibility index (Phi) is 4.90. The molecule has 0 aromatic heterocycles. The molecule has 3 fully saturated rings. The first-order valence-electron chi connectivity index (χ1n) is 8.39. The van der Waals surface area contributed by atoms with Crippen LogP contribution in [0.15, 0.2) is 0 Å². The van der Waals surface area contributed by atoms with Gasteiger partial charge in [-0.05, 0) is 45.8 Å². The van der Waals surface area contributed by atoms with Crippen LogP contribution in [-0.4, -0.2) is 54.0 Å². The second-order valence-electron chi connectivity index (χ2n) is 7.57. The lowest BCUT2D eigenvalue weighted by Crippen LogP contribution is -2.71. The molecule has 0 bridgehead atoms. The summed E-state index contributed by atoms with van der Waals surface area (Å²) in [6.07, 6.45) is 3.47. The fourth-order valence-electron chi connectivity index (χ4n) is 3.69. The van der Waals surface area contributed by atoms with Gasteiger partial charge in [0.25, 0.3) is 0 Å². The Hall–Kier alpha value is -0.460. The number of carbonyl (C=O) groups is 1. The van der Waals surface area contributed by atoms with Crippen molar-refractivity contribution in [3.8, 4) is 0 Å². The summed E-state index contributed by atoms with van der Waals surface area (Å²) in [7, 11) is 0. The first-order valence-corrected chi connectivity index (χ1v) is 9.54. The zero-order valence-corrected chi connectivity index (χ0v) is 14.6. The van der Waals surface area contributed by atoms with E-state index in [9.17, 15) is 4.79 Å². The maximum absolute atomic E-state index is 12.1. The quantitative estimate of drug-likeness (QED) is 0.831. The third kappa shape index (κ3) is 3.71. The van der Waals surface area contributed by atoms with Gasteiger partial charge in [-0.3, -0.25) is 0 Å². The first-order chi connectivity index (χ1) is 10.4. The molecule has 5 nitrogen and oxygen atoms in total. The van der Waals surface area contributed by atoms with Gasteiger partial charge in [0.2, 0.25) is 0 Å². The summed E-state index contributed by atoms with van der Waals surface area (Å²) in [6, 6.07) is 0.898. The zero-order chi connectivity index (χ0) is 15.7. The summed E-state index contributed by atoms with van der Waals surface area (Å²) in [5.41, 5.74) is -0.456. The van der Waals surface area contributed by atoms with Gasteiger partial charge >= 0.3 is 6.09 Å². The van der Waals surface area contributed by atoms with E-state index >= 15 is 0 Å². The van der Waals surface area contributed by atoms with Crippen molar-refractivity contribution < 1.29 is 14.3 Å². The number of ether oxygens (including phenoxy) is 2. The Balaban J connectivity index is 1.57. The number of amides is 1. The number of thioether (sulfide) groups is 1. The second-order valence-corrected chi connectivity index (χ2v) is 8.72. The molecule has 1 saturated carbocycles. The molecule has 6 heteroatoms. The van der Waals surface area contributed by atoms with Gasteiger partial charge in [-0.15, -0.1) is 0 Å². The summed E-state index contributed by atoms with van der Waals surface area (Å²) in [5, 5.41) is 6.80. The van der Waals surface area contributed by atoms with E-state index in [0.717, 1.165) is 18.8 Å². The first kappa shape index (κ1) is 16.4. The van der Waals surface area contributed by atoms with Crippen LogP contribution < -0.4 is 10.6 Å². The molecule has 3 aliphatic rings. The molecule has 0 radical (unpaired) electrons. The van der Waals surface area contributed by atoms with Crippen molar-refractivity contribution in [2.24, 2.45) is 5.92 Å². The molecular formula is C16H28N2O3S. The van der Waals surface area contributed by atoms with Gasteiger partial charge in [0, 0.05) is 24.3 Å². The number of carbonyl (C=O) groups excluding carboxylic acids is 1. The van der Waals surface area contributed by atoms with Crippen LogP contribution in [-0.2, 0) is 9.47 Å². The standard InChI is InChI=1S/C16H28N2O3S/c1-16(2,3)21-15(19)18-12-11-6-7-20-14(11)13(12)17-10-5-4-8-22-9-10/h10-14,17H,4-9H2,1-3H3,(H,18,19). The van der Waals surface area contributed by atoms with Crippen LogP contribution in [0.4, 0.5) is 4.79 Å². The highest BCUT2D eigenvalue weighted by molar-refractivity contribution is 7.99. The summed E-state index contributed by atoms with van der Waals surface area (Å²) in [6.45, 7) is 6.48. The highest BCUT2D eigenvalue weighted by Crippen LogP contribution is 2.40. The normalized spacial score (nSPS) is 38.0. The number of fused-ring (bicyclic) bond motifs is 1. The average Bonchev–Trinajstić information content (AvgIpc) is 2.86. The summed E-state index contributed by atoms with van der Waals surface area (Å²) >= 11 is 2.01. The Morgan fingerprint density at radius 1 is 1.27 bits per heavy atom. The maximum atomic E-state index is 12.1. The van der Waals surface area contributed by atoms with Crippen molar-refractivity contribution in [2.45, 2.75) is 69.9 Å². The number of hydrogen-bond donors (Lipinski definition) is 2. The minimum atomic E-state index is -0.456. The smallest absolute Gasteiger partial charge is 0.407 e. The molecule has 0 spiro atoms. The Morgan fingerprint density at radius 3 is 2.77 bits per heavy atom. The van der Waals surface area contributed by atoms with E-state index in [1.165, 1.54) is 18.6 Å². The molecule has 22 heavy (non-hydrogen) atoms. The summed E-state index contributed by atoms with van der Waals surface area (Å²) in [4.78, 5) is 12.1. The molecule has 2 N–H and O–H groups in total. The summed E-state index contributed by atoms with van der Waals surface area (Å²) < 4.78 is 11.3. The van der Waals surface area contributed by atoms with E-state index in [2.05, 4.69) is 10.6 Å². The lowest BCUT2D eigenvalue weighted by atomic mass is 9.71. The van der Waals surface area contributed by atoms with Gasteiger partial charge in [0.05, 0.1) is 18.2 Å². The molecule has 5 atom stereocenters. The minimum Gasteiger partial charge on any atom is -0.444 e. The van der Waals surface area contributed by atoms with Crippen LogP contribution in [0.25, 0.3) is 0 Å². The summed E-state index contributed by atoms with van der Waals surface area (Å²) in [5.74, 6) is 2.86. The number of nitrogens with one attached hydrogen (secondary N) is 2. The van der Waals surface area contributed by atoms with E-state index in [0.29, 0.717) is 12.0 Å². The highest BCUT2D eigenvalue weighted by atomic mass is 32.2. The van der Waals surface area contributed by atoms with Crippen molar-refractivity contribution in [2.75, 3.05) is 18.1 Å². The third-order valence-corrected chi connectivity index (χ3v) is 5.87. The highest BCUT2D eigenvalue weighted by Gasteiger charge is 2.55. The van der Waals surface area contributed by atoms with E-state index in [4.69, 9.17) is 9.47 Å². The Morgan fingerprint density at radius 2 is 2.09 bits per heavy atom. The zero-order valence-electron chi connectivity index (χ0n) is 13.8. The molecule has 126 valence electrons. The molecule has 2 aliphatic heterocycles. The van der Waals surface area contributed by atoms with E-state index in [-0.39, 0.29) is 24.3 Å². The second kappa shape index (κ2) is 6.57. The topological polar surface area (TPSA) is 59.6 Å². The molecule has 1 amide bonds. The van der Waals surface area contributed by atoms with E-state index in [1.807, 2.05) is 32.5 Å². The van der Waals surface area contributed by atoms with Crippen molar-refractivity contribution in [3.63, 3.8) is 0 Å². The van der Waals surface area contributed by atoms with Crippen LogP contribution in [0.1, 0.15) is 40.0 Å². The van der Waals surface area contributed by atoms with Crippen LogP contribution in [0.3, 0.4) is 0 Å². The van der Waals surface area contributed by atoms with Crippen molar-refractivity contribution >= 4 is 17.9 Å². The fourth-order valence-corrected chi connectivity index (χ4v) is 4.78. The van der Waals surface area contributed by atoms with Gasteiger partial charge in [-0.25, -0.2) is 4.79 Å². The van der Waals surface area contributed by atoms with Gasteiger partial charge in [-0.1, -0.05) is 0 Å². The van der Waals surface area contributed by atoms with Gasteiger partial charge in [-0.2, -0.15) is 11.8 Å². The Labute approximate surface area is 137 Å². The molecule has 3 rings (SSSR count). The van der Waals surface area contributed by atoms with Crippen molar-refractivity contribution in [1.29, 1.82) is 0 Å².